The summed E-state index contributed by atoms with van der Waals surface area (Å²) in [5.41, 5.74) is 2.23. The molecule has 0 aliphatic carbocycles. The fourth-order valence-corrected chi connectivity index (χ4v) is 4.66. The highest BCUT2D eigenvalue weighted by atomic mass is 35.5. The second kappa shape index (κ2) is 9.80. The van der Waals surface area contributed by atoms with Crippen LogP contribution in [0, 0.1) is 5.82 Å². The van der Waals surface area contributed by atoms with Gasteiger partial charge in [-0.15, -0.1) is 0 Å². The van der Waals surface area contributed by atoms with Crippen LogP contribution in [-0.4, -0.2) is 61.0 Å². The second-order valence-corrected chi connectivity index (χ2v) is 8.70. The number of likely N-dealkylation sites (tertiary alicyclic amines) is 1. The molecule has 0 spiro atoms. The van der Waals surface area contributed by atoms with Crippen molar-refractivity contribution in [3.63, 3.8) is 0 Å². The normalized spacial score (nSPS) is 20.4. The van der Waals surface area contributed by atoms with Gasteiger partial charge in [-0.25, -0.2) is 4.39 Å². The van der Waals surface area contributed by atoms with Gasteiger partial charge in [-0.3, -0.25) is 9.69 Å². The van der Waals surface area contributed by atoms with Crippen LogP contribution in [0.25, 0.3) is 0 Å². The van der Waals surface area contributed by atoms with E-state index in [4.69, 9.17) is 11.6 Å². The van der Waals surface area contributed by atoms with E-state index >= 15 is 0 Å². The maximum atomic E-state index is 13.2. The summed E-state index contributed by atoms with van der Waals surface area (Å²) < 4.78 is 13.2. The smallest absolute Gasteiger partial charge is 0.222 e. The predicted molar refractivity (Wildman–Crippen MR) is 120 cm³/mol. The first-order chi connectivity index (χ1) is 14.6. The number of aryl methyl sites for hydroxylation is 1. The average molecular weight is 430 g/mol. The monoisotopic (exact) mass is 429 g/mol. The second-order valence-electron chi connectivity index (χ2n) is 8.26. The molecule has 2 heterocycles. The van der Waals surface area contributed by atoms with Crippen LogP contribution in [0.5, 0.6) is 0 Å². The summed E-state index contributed by atoms with van der Waals surface area (Å²) in [5, 5.41) is 0.725. The minimum atomic E-state index is -0.194. The lowest BCUT2D eigenvalue weighted by Crippen LogP contribution is -2.55. The number of nitrogens with zero attached hydrogens (tertiary/aromatic N) is 3. The standard InChI is InChI=1S/C24H29ClFN3O/c25-20-6-3-19(4-7-20)5-12-24(30)29-13-1-2-23(18-29)28-16-14-27(15-17-28)22-10-8-21(26)9-11-22/h3-4,6-11,23H,1-2,5,12-18H2/t23-/m1/s1. The van der Waals surface area contributed by atoms with E-state index in [9.17, 15) is 9.18 Å². The van der Waals surface area contributed by atoms with Crippen LogP contribution < -0.4 is 4.90 Å². The number of benzene rings is 2. The van der Waals surface area contributed by atoms with Crippen molar-refractivity contribution in [1.29, 1.82) is 0 Å². The zero-order chi connectivity index (χ0) is 20.9. The van der Waals surface area contributed by atoms with E-state index in [0.29, 0.717) is 12.5 Å². The van der Waals surface area contributed by atoms with E-state index in [1.165, 1.54) is 12.1 Å². The molecule has 2 fully saturated rings. The Balaban J connectivity index is 1.26. The van der Waals surface area contributed by atoms with Gasteiger partial charge in [0, 0.05) is 62.4 Å². The Hall–Kier alpha value is -2.11. The molecule has 0 aromatic heterocycles. The Morgan fingerprint density at radius 3 is 2.37 bits per heavy atom. The quantitative estimate of drug-likeness (QED) is 0.711. The average Bonchev–Trinajstić information content (AvgIpc) is 2.79. The van der Waals surface area contributed by atoms with E-state index in [-0.39, 0.29) is 11.7 Å². The van der Waals surface area contributed by atoms with Crippen LogP contribution in [0.15, 0.2) is 48.5 Å². The first kappa shape index (κ1) is 21.1. The molecule has 30 heavy (non-hydrogen) atoms. The summed E-state index contributed by atoms with van der Waals surface area (Å²) in [5.74, 6) is 0.0556. The van der Waals surface area contributed by atoms with Crippen molar-refractivity contribution >= 4 is 23.2 Å². The number of piperidine rings is 1. The molecule has 2 aromatic carbocycles. The van der Waals surface area contributed by atoms with Gasteiger partial charge < -0.3 is 9.80 Å². The van der Waals surface area contributed by atoms with Crippen molar-refractivity contribution in [2.45, 2.75) is 31.7 Å². The molecule has 6 heteroatoms. The van der Waals surface area contributed by atoms with Crippen LogP contribution in [0.1, 0.15) is 24.8 Å². The van der Waals surface area contributed by atoms with Gasteiger partial charge in [0.1, 0.15) is 5.82 Å². The van der Waals surface area contributed by atoms with E-state index in [2.05, 4.69) is 14.7 Å². The number of hydrogen-bond acceptors (Lipinski definition) is 3. The number of rotatable bonds is 5. The minimum Gasteiger partial charge on any atom is -0.369 e. The van der Waals surface area contributed by atoms with E-state index in [0.717, 1.165) is 74.8 Å². The van der Waals surface area contributed by atoms with Gasteiger partial charge in [-0.05, 0) is 61.2 Å². The molecule has 1 atom stereocenters. The Morgan fingerprint density at radius 1 is 0.967 bits per heavy atom. The Labute approximate surface area is 183 Å². The third-order valence-electron chi connectivity index (χ3n) is 6.31. The molecule has 2 saturated heterocycles. The van der Waals surface area contributed by atoms with Crippen molar-refractivity contribution in [3.8, 4) is 0 Å². The van der Waals surface area contributed by atoms with Gasteiger partial charge in [-0.2, -0.15) is 0 Å². The largest absolute Gasteiger partial charge is 0.369 e. The van der Waals surface area contributed by atoms with E-state index in [1.54, 1.807) is 0 Å². The summed E-state index contributed by atoms with van der Waals surface area (Å²) in [4.78, 5) is 19.7. The summed E-state index contributed by atoms with van der Waals surface area (Å²) in [6.45, 7) is 5.53. The maximum absolute atomic E-state index is 13.2. The maximum Gasteiger partial charge on any atom is 0.222 e. The van der Waals surface area contributed by atoms with Crippen molar-refractivity contribution in [3.05, 3.63) is 64.9 Å². The third kappa shape index (κ3) is 5.32. The predicted octanol–water partition coefficient (Wildman–Crippen LogP) is 4.22. The number of amides is 1. The zero-order valence-corrected chi connectivity index (χ0v) is 18.0. The first-order valence-corrected chi connectivity index (χ1v) is 11.2. The van der Waals surface area contributed by atoms with Crippen molar-refractivity contribution in [2.24, 2.45) is 0 Å². The molecule has 4 rings (SSSR count). The topological polar surface area (TPSA) is 26.8 Å². The first-order valence-electron chi connectivity index (χ1n) is 10.9. The van der Waals surface area contributed by atoms with Gasteiger partial charge in [0.15, 0.2) is 0 Å². The molecule has 2 aromatic rings. The lowest BCUT2D eigenvalue weighted by atomic mass is 10.0. The highest BCUT2D eigenvalue weighted by Crippen LogP contribution is 2.22. The number of carbonyl (C=O) groups excluding carboxylic acids is 1. The molecule has 1 amide bonds. The van der Waals surface area contributed by atoms with Crippen LogP contribution in [0.4, 0.5) is 10.1 Å². The Kier molecular flexibility index (Phi) is 6.90. The number of anilines is 1. The van der Waals surface area contributed by atoms with Crippen LogP contribution in [0.3, 0.4) is 0 Å². The Bertz CT molecular complexity index is 835. The number of carbonyl (C=O) groups is 1. The molecule has 4 nitrogen and oxygen atoms in total. The SMILES string of the molecule is O=C(CCc1ccc(Cl)cc1)N1CCC[C@@H](N2CCN(c3ccc(F)cc3)CC2)C1. The fraction of sp³-hybridized carbons (Fsp3) is 0.458. The van der Waals surface area contributed by atoms with Gasteiger partial charge >= 0.3 is 0 Å². The molecule has 0 bridgehead atoms. The molecule has 2 aliphatic heterocycles. The molecule has 2 aliphatic rings. The lowest BCUT2D eigenvalue weighted by molar-refractivity contribution is -0.133. The number of hydrogen-bond donors (Lipinski definition) is 0. The molecular formula is C24H29ClFN3O. The summed E-state index contributed by atoms with van der Waals surface area (Å²) in [7, 11) is 0. The van der Waals surface area contributed by atoms with Crippen molar-refractivity contribution in [2.75, 3.05) is 44.2 Å². The molecule has 0 N–H and O–H groups in total. The van der Waals surface area contributed by atoms with Crippen LogP contribution >= 0.6 is 11.6 Å². The fourth-order valence-electron chi connectivity index (χ4n) is 4.54. The van der Waals surface area contributed by atoms with E-state index < -0.39 is 0 Å². The summed E-state index contributed by atoms with van der Waals surface area (Å²) in [6, 6.07) is 14.9. The zero-order valence-electron chi connectivity index (χ0n) is 17.3. The van der Waals surface area contributed by atoms with E-state index in [1.807, 2.05) is 36.4 Å². The van der Waals surface area contributed by atoms with Gasteiger partial charge in [0.05, 0.1) is 0 Å². The highest BCUT2D eigenvalue weighted by Gasteiger charge is 2.29. The Morgan fingerprint density at radius 2 is 1.67 bits per heavy atom. The number of piperazine rings is 1. The minimum absolute atomic E-state index is 0.194. The molecule has 0 saturated carbocycles. The summed E-state index contributed by atoms with van der Waals surface area (Å²) >= 11 is 5.94. The van der Waals surface area contributed by atoms with Crippen molar-refractivity contribution in [1.82, 2.24) is 9.80 Å². The van der Waals surface area contributed by atoms with Crippen LogP contribution in [0.2, 0.25) is 5.02 Å². The van der Waals surface area contributed by atoms with Crippen LogP contribution in [-0.2, 0) is 11.2 Å². The summed E-state index contributed by atoms with van der Waals surface area (Å²) in [6.07, 6.45) is 3.52. The van der Waals surface area contributed by atoms with Gasteiger partial charge in [-0.1, -0.05) is 23.7 Å². The van der Waals surface area contributed by atoms with Gasteiger partial charge in [0.2, 0.25) is 5.91 Å². The number of halogens is 2. The van der Waals surface area contributed by atoms with Gasteiger partial charge in [0.25, 0.3) is 0 Å². The molecule has 0 radical (unpaired) electrons. The molecule has 0 unspecified atom stereocenters. The highest BCUT2D eigenvalue weighted by molar-refractivity contribution is 6.30. The lowest BCUT2D eigenvalue weighted by Gasteiger charge is -2.44. The van der Waals surface area contributed by atoms with Crippen molar-refractivity contribution < 1.29 is 9.18 Å². The molecule has 160 valence electrons. The third-order valence-corrected chi connectivity index (χ3v) is 6.56. The molecular weight excluding hydrogens is 401 g/mol.